The number of nitrogens with zero attached hydrogens (tertiary/aromatic N) is 4. The third-order valence-corrected chi connectivity index (χ3v) is 4.18. The quantitative estimate of drug-likeness (QED) is 0.485. The van der Waals surface area contributed by atoms with Gasteiger partial charge in [0.25, 0.3) is 0 Å². The Morgan fingerprint density at radius 1 is 1.37 bits per heavy atom. The first-order valence-corrected chi connectivity index (χ1v) is 8.42. The van der Waals surface area contributed by atoms with Crippen LogP contribution in [0.25, 0.3) is 5.76 Å². The molecule has 136 valence electrons. The van der Waals surface area contributed by atoms with Gasteiger partial charge in [0, 0.05) is 36.1 Å². The zero-order valence-electron chi connectivity index (χ0n) is 14.4. The maximum Gasteiger partial charge on any atom is 0.325 e. The van der Waals surface area contributed by atoms with E-state index >= 15 is 0 Å². The van der Waals surface area contributed by atoms with Gasteiger partial charge in [-0.3, -0.25) is 14.8 Å². The zero-order valence-corrected chi connectivity index (χ0v) is 14.4. The van der Waals surface area contributed by atoms with Crippen molar-refractivity contribution in [2.75, 3.05) is 19.6 Å². The van der Waals surface area contributed by atoms with Gasteiger partial charge in [-0.25, -0.2) is 4.99 Å². The van der Waals surface area contributed by atoms with Crippen molar-refractivity contribution in [3.63, 3.8) is 0 Å². The number of aromatic nitrogens is 1. The minimum atomic E-state index is -0.510. The summed E-state index contributed by atoms with van der Waals surface area (Å²) < 4.78 is 5.18. The monoisotopic (exact) mass is 363 g/mol. The summed E-state index contributed by atoms with van der Waals surface area (Å²) in [4.78, 5) is 26.5. The summed E-state index contributed by atoms with van der Waals surface area (Å²) >= 11 is 0. The van der Waals surface area contributed by atoms with E-state index in [9.17, 15) is 9.90 Å². The summed E-state index contributed by atoms with van der Waals surface area (Å²) in [5.74, 6) is 1.28. The van der Waals surface area contributed by atoms with E-state index in [1.807, 2.05) is 4.90 Å². The van der Waals surface area contributed by atoms with E-state index < -0.39 is 5.97 Å². The van der Waals surface area contributed by atoms with Crippen molar-refractivity contribution in [3.05, 3.63) is 59.9 Å². The maximum atomic E-state index is 11.4. The lowest BCUT2D eigenvalue weighted by molar-refractivity contribution is -0.132. The highest BCUT2D eigenvalue weighted by Crippen LogP contribution is 2.32. The number of benzene rings is 1. The molecule has 1 aromatic carbocycles. The molecule has 8 heteroatoms. The second kappa shape index (κ2) is 7.00. The van der Waals surface area contributed by atoms with E-state index in [0.717, 1.165) is 11.4 Å². The largest absolute Gasteiger partial charge is 0.507 e. The zero-order chi connectivity index (χ0) is 18.8. The van der Waals surface area contributed by atoms with Gasteiger partial charge in [-0.15, -0.1) is 0 Å². The number of hydrogen-bond acceptors (Lipinski definition) is 8. The van der Waals surface area contributed by atoms with Gasteiger partial charge < -0.3 is 20.5 Å². The van der Waals surface area contributed by atoms with Crippen LogP contribution in [0, 0.1) is 0 Å². The summed E-state index contributed by atoms with van der Waals surface area (Å²) in [6.45, 7) is 1.07. The third-order valence-electron chi connectivity index (χ3n) is 4.18. The van der Waals surface area contributed by atoms with Gasteiger partial charge in [0.05, 0.1) is 18.8 Å². The van der Waals surface area contributed by atoms with Crippen LogP contribution >= 0.6 is 0 Å². The van der Waals surface area contributed by atoms with E-state index in [-0.39, 0.29) is 12.3 Å². The topological polar surface area (TPSA) is 113 Å². The molecule has 0 unspecified atom stereocenters. The van der Waals surface area contributed by atoms with Gasteiger partial charge in [0.15, 0.2) is 0 Å². The molecule has 8 nitrogen and oxygen atoms in total. The molecule has 0 saturated heterocycles. The average Bonchev–Trinajstić information content (AvgIpc) is 3.19. The first kappa shape index (κ1) is 16.9. The third kappa shape index (κ3) is 3.30. The lowest BCUT2D eigenvalue weighted by Crippen LogP contribution is -2.36. The van der Waals surface area contributed by atoms with Crippen LogP contribution in [0.4, 0.5) is 5.69 Å². The average molecular weight is 363 g/mol. The lowest BCUT2D eigenvalue weighted by atomic mass is 10.1. The Morgan fingerprint density at radius 2 is 2.26 bits per heavy atom. The first-order valence-electron chi connectivity index (χ1n) is 8.42. The molecule has 1 aromatic heterocycles. The Labute approximate surface area is 155 Å². The smallest absolute Gasteiger partial charge is 0.325 e. The van der Waals surface area contributed by atoms with Crippen LogP contribution in [0.15, 0.2) is 58.8 Å². The maximum absolute atomic E-state index is 11.4. The van der Waals surface area contributed by atoms with Gasteiger partial charge in [0.1, 0.15) is 23.2 Å². The molecule has 4 rings (SSSR count). The Kier molecular flexibility index (Phi) is 4.39. The number of pyridine rings is 1. The molecule has 2 aliphatic rings. The SMILES string of the molecule is NCC(=O)Oc1ccc2c(c1)C1=NCCN1C(/C=C(\O)c1cccnc1)=N2. The molecule has 0 spiro atoms. The summed E-state index contributed by atoms with van der Waals surface area (Å²) in [6.07, 6.45) is 4.83. The minimum Gasteiger partial charge on any atom is -0.507 e. The van der Waals surface area contributed by atoms with Crippen molar-refractivity contribution in [3.8, 4) is 5.75 Å². The van der Waals surface area contributed by atoms with Crippen LogP contribution in [-0.2, 0) is 4.79 Å². The number of fused-ring (bicyclic) bond motifs is 3. The highest BCUT2D eigenvalue weighted by Gasteiger charge is 2.29. The van der Waals surface area contributed by atoms with Gasteiger partial charge in [-0.1, -0.05) is 0 Å². The number of carbonyl (C=O) groups excluding carboxylic acids is 1. The summed E-state index contributed by atoms with van der Waals surface area (Å²) in [7, 11) is 0. The van der Waals surface area contributed by atoms with Gasteiger partial charge >= 0.3 is 5.97 Å². The van der Waals surface area contributed by atoms with Crippen LogP contribution in [0.2, 0.25) is 0 Å². The van der Waals surface area contributed by atoms with E-state index in [1.165, 1.54) is 0 Å². The standard InChI is InChI=1S/C19H17N5O3/c20-10-18(26)27-13-3-4-15-14(8-13)19-22-6-7-24(19)17(23-15)9-16(25)12-2-1-5-21-11-12/h1-5,8-9,11,25H,6-7,10,20H2/b16-9-. The second-order valence-corrected chi connectivity index (χ2v) is 5.96. The second-order valence-electron chi connectivity index (χ2n) is 5.96. The van der Waals surface area contributed by atoms with Crippen LogP contribution in [0.5, 0.6) is 5.75 Å². The van der Waals surface area contributed by atoms with E-state index in [1.54, 1.807) is 48.8 Å². The van der Waals surface area contributed by atoms with E-state index in [4.69, 9.17) is 10.5 Å². The first-order chi connectivity index (χ1) is 13.2. The molecule has 0 aliphatic carbocycles. The van der Waals surface area contributed by atoms with Crippen LogP contribution in [-0.4, -0.2) is 52.3 Å². The molecule has 0 fully saturated rings. The lowest BCUT2D eigenvalue weighted by Gasteiger charge is -2.26. The number of ether oxygens (including phenoxy) is 1. The number of carbonyl (C=O) groups is 1. The number of aliphatic imine (C=N–C) groups is 2. The number of amidine groups is 2. The van der Waals surface area contributed by atoms with E-state index in [0.29, 0.717) is 35.9 Å². The fourth-order valence-electron chi connectivity index (χ4n) is 2.94. The summed E-state index contributed by atoms with van der Waals surface area (Å²) in [6, 6.07) is 8.66. The van der Waals surface area contributed by atoms with Gasteiger partial charge in [0.2, 0.25) is 0 Å². The molecule has 27 heavy (non-hydrogen) atoms. The number of hydrogen-bond donors (Lipinski definition) is 2. The van der Waals surface area contributed by atoms with Crippen molar-refractivity contribution in [2.45, 2.75) is 0 Å². The molecular formula is C19H17N5O3. The predicted octanol–water partition coefficient (Wildman–Crippen LogP) is 1.65. The molecule has 0 atom stereocenters. The number of aliphatic hydroxyl groups is 1. The predicted molar refractivity (Wildman–Crippen MR) is 101 cm³/mol. The van der Waals surface area contributed by atoms with E-state index in [2.05, 4.69) is 15.0 Å². The summed E-state index contributed by atoms with van der Waals surface area (Å²) in [5.41, 5.74) is 7.35. The Hall–Kier alpha value is -3.52. The normalized spacial score (nSPS) is 15.6. The molecule has 2 aromatic rings. The molecule has 0 bridgehead atoms. The van der Waals surface area contributed by atoms with Crippen LogP contribution in [0.3, 0.4) is 0 Å². The molecular weight excluding hydrogens is 346 g/mol. The number of nitrogens with two attached hydrogens (primary N) is 1. The molecule has 2 aliphatic heterocycles. The van der Waals surface area contributed by atoms with Gasteiger partial charge in [-0.05, 0) is 30.3 Å². The van der Waals surface area contributed by atoms with Crippen LogP contribution in [0.1, 0.15) is 11.1 Å². The highest BCUT2D eigenvalue weighted by molar-refractivity contribution is 6.20. The van der Waals surface area contributed by atoms with Gasteiger partial charge in [-0.2, -0.15) is 0 Å². The van der Waals surface area contributed by atoms with Crippen molar-refractivity contribution in [1.82, 2.24) is 9.88 Å². The van der Waals surface area contributed by atoms with Crippen molar-refractivity contribution in [1.29, 1.82) is 0 Å². The highest BCUT2D eigenvalue weighted by atomic mass is 16.5. The summed E-state index contributed by atoms with van der Waals surface area (Å²) in [5, 5.41) is 10.4. The van der Waals surface area contributed by atoms with Crippen molar-refractivity contribution in [2.24, 2.45) is 15.7 Å². The molecule has 3 N–H and O–H groups in total. The van der Waals surface area contributed by atoms with Crippen molar-refractivity contribution < 1.29 is 14.6 Å². The fourth-order valence-corrected chi connectivity index (χ4v) is 2.94. The minimum absolute atomic E-state index is 0.0741. The molecule has 0 radical (unpaired) electrons. The van der Waals surface area contributed by atoms with Crippen LogP contribution < -0.4 is 10.5 Å². The molecule has 0 saturated carbocycles. The Morgan fingerprint density at radius 3 is 3.04 bits per heavy atom. The Bertz CT molecular complexity index is 982. The number of rotatable bonds is 4. The molecule has 3 heterocycles. The molecule has 0 amide bonds. The number of esters is 1. The fraction of sp³-hybridized carbons (Fsp3) is 0.158. The Balaban J connectivity index is 1.72. The van der Waals surface area contributed by atoms with Crippen molar-refractivity contribution >= 4 is 29.1 Å². The number of aliphatic hydroxyl groups excluding tert-OH is 1.